The third-order valence-corrected chi connectivity index (χ3v) is 5.15. The molecule has 0 bridgehead atoms. The minimum absolute atomic E-state index is 0.112. The van der Waals surface area contributed by atoms with Crippen molar-refractivity contribution in [3.8, 4) is 0 Å². The van der Waals surface area contributed by atoms with Gasteiger partial charge in [-0.15, -0.1) is 0 Å². The summed E-state index contributed by atoms with van der Waals surface area (Å²) in [5.41, 5.74) is -6.79. The summed E-state index contributed by atoms with van der Waals surface area (Å²) in [4.78, 5) is 0. The highest BCUT2D eigenvalue weighted by Crippen LogP contribution is 2.54. The first-order chi connectivity index (χ1) is 15.8. The van der Waals surface area contributed by atoms with Crippen LogP contribution >= 0.6 is 0 Å². The van der Waals surface area contributed by atoms with Gasteiger partial charge >= 0.3 is 36.6 Å². The lowest BCUT2D eigenvalue weighted by Crippen LogP contribution is -2.56. The van der Waals surface area contributed by atoms with Gasteiger partial charge < -0.3 is 0 Å². The van der Waals surface area contributed by atoms with Crippen LogP contribution in [0.2, 0.25) is 0 Å². The van der Waals surface area contributed by atoms with Crippen LogP contribution in [0.3, 0.4) is 0 Å². The normalized spacial score (nSPS) is 18.1. The van der Waals surface area contributed by atoms with Crippen molar-refractivity contribution in [1.29, 1.82) is 0 Å². The maximum absolute atomic E-state index is 13.9. The van der Waals surface area contributed by atoms with E-state index in [0.29, 0.717) is 0 Å². The largest absolute Gasteiger partial charge is 0.431 e. The molecule has 0 N–H and O–H groups in total. The van der Waals surface area contributed by atoms with Crippen LogP contribution in [-0.4, -0.2) is 48.4 Å². The number of rotatable bonds is 10. The van der Waals surface area contributed by atoms with Crippen LogP contribution < -0.4 is 0 Å². The molecule has 37 heavy (non-hydrogen) atoms. The Hall–Kier alpha value is -1.40. The lowest BCUT2D eigenvalue weighted by molar-refractivity contribution is -0.356. The zero-order valence-corrected chi connectivity index (χ0v) is 17.8. The second-order valence-corrected chi connectivity index (χ2v) is 8.46. The first-order valence-electron chi connectivity index (χ1n) is 9.53. The molecule has 0 saturated heterocycles. The molecule has 3 atom stereocenters. The van der Waals surface area contributed by atoms with Gasteiger partial charge in [-0.3, -0.25) is 0 Å². The first-order valence-corrected chi connectivity index (χ1v) is 9.53. The van der Waals surface area contributed by atoms with Crippen molar-refractivity contribution in [3.05, 3.63) is 0 Å². The predicted molar refractivity (Wildman–Crippen MR) is 83.2 cm³/mol. The minimum Gasteiger partial charge on any atom is -0.223 e. The van der Waals surface area contributed by atoms with Crippen LogP contribution in [0.25, 0.3) is 0 Å². The minimum atomic E-state index is -7.15. The Labute approximate surface area is 194 Å². The molecule has 0 rings (SSSR count). The van der Waals surface area contributed by atoms with Gasteiger partial charge in [-0.25, -0.2) is 22.0 Å². The van der Waals surface area contributed by atoms with Gasteiger partial charge in [0.05, 0.1) is 30.6 Å². The third kappa shape index (κ3) is 10.4. The van der Waals surface area contributed by atoms with Gasteiger partial charge in [0.1, 0.15) is 0 Å². The summed E-state index contributed by atoms with van der Waals surface area (Å²) in [5.74, 6) is -22.1. The summed E-state index contributed by atoms with van der Waals surface area (Å²) in [6.45, 7) is 0.112. The molecule has 224 valence electrons. The highest BCUT2D eigenvalue weighted by molar-refractivity contribution is 4.99. The molecule has 0 saturated carbocycles. The van der Waals surface area contributed by atoms with Crippen molar-refractivity contribution in [3.63, 3.8) is 0 Å². The molecule has 0 aliphatic heterocycles. The van der Waals surface area contributed by atoms with Crippen LogP contribution in [0.15, 0.2) is 0 Å². The van der Waals surface area contributed by atoms with Crippen LogP contribution in [0.4, 0.5) is 87.8 Å². The monoisotopic (exact) mass is 600 g/mol. The van der Waals surface area contributed by atoms with Gasteiger partial charge in [0, 0.05) is 6.42 Å². The van der Waals surface area contributed by atoms with E-state index in [0.717, 1.165) is 0 Å². The molecule has 0 aromatic rings. The Morgan fingerprint density at radius 3 is 1.11 bits per heavy atom. The van der Waals surface area contributed by atoms with E-state index in [1.54, 1.807) is 0 Å². The molecule has 0 fully saturated rings. The first kappa shape index (κ1) is 35.6. The summed E-state index contributed by atoms with van der Waals surface area (Å²) in [7, 11) is 0. The summed E-state index contributed by atoms with van der Waals surface area (Å²) < 4.78 is 259. The maximum atomic E-state index is 13.9. The van der Waals surface area contributed by atoms with Crippen molar-refractivity contribution in [2.45, 2.75) is 87.4 Å². The van der Waals surface area contributed by atoms with Gasteiger partial charge in [-0.05, 0) is 12.8 Å². The Bertz CT molecular complexity index is 704. The van der Waals surface area contributed by atoms with E-state index in [1.165, 1.54) is 0 Å². The molecule has 0 radical (unpaired) electrons. The SMILES string of the molecule is CC(CC(CC(CC(F)(F)CC(F)(F)CC(F)(C(F)(F)F)C(F)(F)F)C(F)(F)F)C(F)(F)F)C(F)(F)F. The Morgan fingerprint density at radius 2 is 0.811 bits per heavy atom. The number of halogens is 20. The van der Waals surface area contributed by atoms with E-state index in [9.17, 15) is 87.8 Å². The summed E-state index contributed by atoms with van der Waals surface area (Å²) in [6, 6.07) is 0. The maximum Gasteiger partial charge on any atom is 0.431 e. The van der Waals surface area contributed by atoms with E-state index in [-0.39, 0.29) is 6.92 Å². The number of hydrogen-bond acceptors (Lipinski definition) is 0. The van der Waals surface area contributed by atoms with Crippen molar-refractivity contribution in [2.75, 3.05) is 0 Å². The van der Waals surface area contributed by atoms with Crippen LogP contribution in [0.5, 0.6) is 0 Å². The van der Waals surface area contributed by atoms with Gasteiger partial charge in [-0.2, -0.15) is 65.9 Å². The molecule has 0 aromatic carbocycles. The van der Waals surface area contributed by atoms with Crippen molar-refractivity contribution in [2.24, 2.45) is 17.8 Å². The molecular weight excluding hydrogens is 584 g/mol. The molecule has 0 aliphatic rings. The van der Waals surface area contributed by atoms with E-state index in [4.69, 9.17) is 0 Å². The zero-order chi connectivity index (χ0) is 30.3. The lowest BCUT2D eigenvalue weighted by Gasteiger charge is -2.35. The highest BCUT2D eigenvalue weighted by atomic mass is 19.4. The average Bonchev–Trinajstić information content (AvgIpc) is 2.53. The quantitative estimate of drug-likeness (QED) is 0.219. The van der Waals surface area contributed by atoms with E-state index in [1.807, 2.05) is 0 Å². The highest BCUT2D eigenvalue weighted by Gasteiger charge is 2.75. The van der Waals surface area contributed by atoms with Crippen molar-refractivity contribution < 1.29 is 87.8 Å². The van der Waals surface area contributed by atoms with Crippen LogP contribution in [0, 0.1) is 17.8 Å². The molecular formula is C17H16F20. The Kier molecular flexibility index (Phi) is 10.2. The second kappa shape index (κ2) is 10.6. The third-order valence-electron chi connectivity index (χ3n) is 5.15. The van der Waals surface area contributed by atoms with Crippen molar-refractivity contribution in [1.82, 2.24) is 0 Å². The fourth-order valence-electron chi connectivity index (χ4n) is 3.19. The second-order valence-electron chi connectivity index (χ2n) is 8.46. The summed E-state index contributed by atoms with van der Waals surface area (Å²) >= 11 is 0. The van der Waals surface area contributed by atoms with Crippen molar-refractivity contribution >= 4 is 0 Å². The fraction of sp³-hybridized carbons (Fsp3) is 1.00. The topological polar surface area (TPSA) is 0 Å². The lowest BCUT2D eigenvalue weighted by atomic mass is 9.82. The summed E-state index contributed by atoms with van der Waals surface area (Å²) in [6.07, 6.45) is -47.0. The molecule has 0 aliphatic carbocycles. The molecule has 0 nitrogen and oxygen atoms in total. The Morgan fingerprint density at radius 1 is 0.432 bits per heavy atom. The average molecular weight is 600 g/mol. The number of hydrogen-bond donors (Lipinski definition) is 0. The Balaban J connectivity index is 6.03. The van der Waals surface area contributed by atoms with E-state index < -0.39 is 98.3 Å². The molecule has 0 amide bonds. The molecule has 3 unspecified atom stereocenters. The van der Waals surface area contributed by atoms with Gasteiger partial charge in [0.2, 0.25) is 0 Å². The summed E-state index contributed by atoms with van der Waals surface area (Å²) in [5, 5.41) is 0. The predicted octanol–water partition coefficient (Wildman–Crippen LogP) is 9.60. The van der Waals surface area contributed by atoms with E-state index >= 15 is 0 Å². The van der Waals surface area contributed by atoms with Crippen LogP contribution in [-0.2, 0) is 0 Å². The standard InChI is InChI=1S/C17H16F20/c1-7(13(23,24)25)2-8(14(26,27)28)3-9(15(29,30)31)4-10(18,19)5-11(20,21)6-12(22,16(32,33)34)17(35,36)37/h7-9H,2-6H2,1H3. The van der Waals surface area contributed by atoms with Gasteiger partial charge in [-0.1, -0.05) is 6.92 Å². The van der Waals surface area contributed by atoms with Crippen LogP contribution in [0.1, 0.15) is 39.0 Å². The zero-order valence-electron chi connectivity index (χ0n) is 17.8. The fourth-order valence-corrected chi connectivity index (χ4v) is 3.19. The molecule has 0 spiro atoms. The van der Waals surface area contributed by atoms with E-state index in [2.05, 4.69) is 0 Å². The number of alkyl halides is 20. The molecule has 0 heterocycles. The smallest absolute Gasteiger partial charge is 0.223 e. The van der Waals surface area contributed by atoms with Gasteiger partial charge in [0.25, 0.3) is 11.8 Å². The molecule has 0 aromatic heterocycles. The molecule has 20 heteroatoms. The van der Waals surface area contributed by atoms with Gasteiger partial charge in [0.15, 0.2) is 0 Å².